The first-order valence-electron chi connectivity index (χ1n) is 8.69. The van der Waals surface area contributed by atoms with Crippen molar-refractivity contribution in [3.63, 3.8) is 0 Å². The van der Waals surface area contributed by atoms with E-state index in [-0.39, 0.29) is 40.1 Å². The predicted molar refractivity (Wildman–Crippen MR) is 112 cm³/mol. The van der Waals surface area contributed by atoms with Gasteiger partial charge < -0.3 is 5.11 Å². The van der Waals surface area contributed by atoms with Gasteiger partial charge in [-0.25, -0.2) is 0 Å². The largest absolute Gasteiger partial charge is 0.493 e. The van der Waals surface area contributed by atoms with Gasteiger partial charge in [0.2, 0.25) is 5.88 Å². The predicted octanol–water partition coefficient (Wildman–Crippen LogP) is 5.70. The average Bonchev–Trinajstić information content (AvgIpc) is 3.17. The summed E-state index contributed by atoms with van der Waals surface area (Å²) in [6, 6.07) is 4.29. The average molecular weight is 525 g/mol. The zero-order valence-corrected chi connectivity index (χ0v) is 18.4. The van der Waals surface area contributed by atoms with E-state index < -0.39 is 10.5 Å². The molecular weight excluding hydrogens is 510 g/mol. The lowest BCUT2D eigenvalue weighted by molar-refractivity contribution is -0.385. The van der Waals surface area contributed by atoms with Crippen molar-refractivity contribution < 1.29 is 10.0 Å². The van der Waals surface area contributed by atoms with Gasteiger partial charge in [-0.15, -0.1) is 10.2 Å². The first-order chi connectivity index (χ1) is 13.8. The number of azo groups is 1. The maximum Gasteiger partial charge on any atom is 0.281 e. The second-order valence-electron chi connectivity index (χ2n) is 6.61. The van der Waals surface area contributed by atoms with E-state index in [4.69, 9.17) is 0 Å². The second-order valence-corrected chi connectivity index (χ2v) is 8.32. The lowest BCUT2D eigenvalue weighted by Crippen LogP contribution is -2.24. The van der Waals surface area contributed by atoms with Crippen LogP contribution in [0.2, 0.25) is 0 Å². The highest BCUT2D eigenvalue weighted by Gasteiger charge is 2.26. The third-order valence-corrected chi connectivity index (χ3v) is 6.08. The summed E-state index contributed by atoms with van der Waals surface area (Å²) in [4.78, 5) is 23.4. The highest BCUT2D eigenvalue weighted by Crippen LogP contribution is 2.39. The van der Waals surface area contributed by atoms with Crippen LogP contribution in [0.1, 0.15) is 42.9 Å². The van der Waals surface area contributed by atoms with Crippen LogP contribution in [-0.4, -0.2) is 14.6 Å². The van der Waals surface area contributed by atoms with Gasteiger partial charge in [-0.05, 0) is 51.6 Å². The molecular formula is C18H15Br2N5O4. The summed E-state index contributed by atoms with van der Waals surface area (Å²) in [6.45, 7) is 1.52. The number of aromatic hydroxyl groups is 1. The van der Waals surface area contributed by atoms with Crippen LogP contribution < -0.4 is 5.56 Å². The fraction of sp³-hybridized carbons (Fsp3) is 0.333. The van der Waals surface area contributed by atoms with Gasteiger partial charge in [-0.2, -0.15) is 5.26 Å². The Balaban J connectivity index is 2.15. The number of benzene rings is 1. The molecule has 150 valence electrons. The van der Waals surface area contributed by atoms with Crippen LogP contribution in [0.5, 0.6) is 5.88 Å². The molecule has 9 nitrogen and oxygen atoms in total. The van der Waals surface area contributed by atoms with Crippen LogP contribution in [0.25, 0.3) is 0 Å². The first kappa shape index (κ1) is 21.1. The van der Waals surface area contributed by atoms with Gasteiger partial charge in [0, 0.05) is 23.7 Å². The summed E-state index contributed by atoms with van der Waals surface area (Å²) in [5.41, 5.74) is -0.256. The lowest BCUT2D eigenvalue weighted by atomic mass is 10.1. The highest BCUT2D eigenvalue weighted by atomic mass is 79.9. The number of hydrogen-bond donors (Lipinski definition) is 1. The number of nitro benzene ring substituents is 1. The SMILES string of the molecule is Cc1c(C#N)c(O)n(C2CCCC2)c(=O)c1N=Nc1c(Br)cc([N+](=O)[O-])cc1Br. The number of halogens is 2. The van der Waals surface area contributed by atoms with Gasteiger partial charge in [0.15, 0.2) is 5.69 Å². The standard InChI is InChI=1S/C18H15Br2N5O4/c1-9-12(8-21)17(26)24(10-4-2-3-5-10)18(27)15(9)22-23-16-13(19)6-11(25(28)29)7-14(16)20/h6-7,10,26H,2-5H2,1H3. The van der Waals surface area contributed by atoms with Crippen molar-refractivity contribution in [3.8, 4) is 11.9 Å². The quantitative estimate of drug-likeness (QED) is 0.311. The van der Waals surface area contributed by atoms with Crippen LogP contribution >= 0.6 is 31.9 Å². The summed E-state index contributed by atoms with van der Waals surface area (Å²) in [6.07, 6.45) is 3.34. The number of non-ortho nitro benzene ring substituents is 1. The van der Waals surface area contributed by atoms with Gasteiger partial charge in [0.25, 0.3) is 11.2 Å². The third-order valence-electron chi connectivity index (χ3n) is 4.87. The number of nitrogens with zero attached hydrogens (tertiary/aromatic N) is 5. The van der Waals surface area contributed by atoms with Crippen LogP contribution in [-0.2, 0) is 0 Å². The van der Waals surface area contributed by atoms with E-state index in [0.717, 1.165) is 25.7 Å². The molecule has 1 aliphatic carbocycles. The molecule has 0 spiro atoms. The topological polar surface area (TPSA) is 134 Å². The molecule has 1 aliphatic rings. The van der Waals surface area contributed by atoms with Crippen LogP contribution in [0.4, 0.5) is 17.1 Å². The molecule has 0 unspecified atom stereocenters. The lowest BCUT2D eigenvalue weighted by Gasteiger charge is -2.18. The molecule has 1 aromatic carbocycles. The zero-order valence-electron chi connectivity index (χ0n) is 15.2. The van der Waals surface area contributed by atoms with Crippen molar-refractivity contribution in [2.45, 2.75) is 38.6 Å². The molecule has 11 heteroatoms. The Kier molecular flexibility index (Phi) is 6.14. The number of rotatable bonds is 4. The Morgan fingerprint density at radius 2 is 1.79 bits per heavy atom. The molecule has 0 aliphatic heterocycles. The van der Waals surface area contributed by atoms with Crippen molar-refractivity contribution in [2.24, 2.45) is 10.2 Å². The van der Waals surface area contributed by atoms with Crippen molar-refractivity contribution >= 4 is 48.9 Å². The molecule has 29 heavy (non-hydrogen) atoms. The minimum absolute atomic E-state index is 0.0210. The Morgan fingerprint density at radius 1 is 1.24 bits per heavy atom. The van der Waals surface area contributed by atoms with Gasteiger partial charge >= 0.3 is 0 Å². The molecule has 1 aromatic heterocycles. The Bertz CT molecular complexity index is 1110. The molecule has 0 atom stereocenters. The molecule has 0 saturated heterocycles. The molecule has 3 rings (SSSR count). The van der Waals surface area contributed by atoms with E-state index in [2.05, 4.69) is 42.1 Å². The van der Waals surface area contributed by atoms with E-state index in [1.807, 2.05) is 6.07 Å². The Labute approximate surface area is 182 Å². The minimum atomic E-state index is -0.542. The number of aromatic nitrogens is 1. The molecule has 0 bridgehead atoms. The second kappa shape index (κ2) is 8.42. The summed E-state index contributed by atoms with van der Waals surface area (Å²) in [7, 11) is 0. The molecule has 1 fully saturated rings. The Hall–Kier alpha value is -2.58. The van der Waals surface area contributed by atoms with Crippen molar-refractivity contribution in [2.75, 3.05) is 0 Å². The molecule has 0 amide bonds. The number of pyridine rings is 1. The normalized spacial score (nSPS) is 14.4. The number of hydrogen-bond acceptors (Lipinski definition) is 7. The van der Waals surface area contributed by atoms with Gasteiger partial charge in [-0.3, -0.25) is 19.5 Å². The Morgan fingerprint density at radius 3 is 2.31 bits per heavy atom. The summed E-state index contributed by atoms with van der Waals surface area (Å²) < 4.78 is 1.86. The van der Waals surface area contributed by atoms with E-state index in [9.17, 15) is 25.3 Å². The summed E-state index contributed by atoms with van der Waals surface area (Å²) >= 11 is 6.44. The van der Waals surface area contributed by atoms with E-state index in [0.29, 0.717) is 8.95 Å². The molecule has 1 N–H and O–H groups in total. The first-order valence-corrected chi connectivity index (χ1v) is 10.3. The van der Waals surface area contributed by atoms with Gasteiger partial charge in [0.05, 0.1) is 13.9 Å². The fourth-order valence-corrected chi connectivity index (χ4v) is 4.70. The highest BCUT2D eigenvalue weighted by molar-refractivity contribution is 9.11. The fourth-order valence-electron chi connectivity index (χ4n) is 3.38. The van der Waals surface area contributed by atoms with Gasteiger partial charge in [-0.1, -0.05) is 12.8 Å². The van der Waals surface area contributed by atoms with Crippen LogP contribution in [0.3, 0.4) is 0 Å². The number of nitriles is 1. The maximum atomic E-state index is 13.0. The number of nitro groups is 1. The van der Waals surface area contributed by atoms with Gasteiger partial charge in [0.1, 0.15) is 17.3 Å². The summed E-state index contributed by atoms with van der Waals surface area (Å²) in [5, 5.41) is 39.0. The molecule has 1 heterocycles. The van der Waals surface area contributed by atoms with E-state index in [1.165, 1.54) is 23.6 Å². The van der Waals surface area contributed by atoms with Crippen LogP contribution in [0.15, 0.2) is 36.1 Å². The van der Waals surface area contributed by atoms with Crippen molar-refractivity contribution in [1.29, 1.82) is 5.26 Å². The monoisotopic (exact) mass is 523 g/mol. The smallest absolute Gasteiger partial charge is 0.281 e. The maximum absolute atomic E-state index is 13.0. The molecule has 0 radical (unpaired) electrons. The van der Waals surface area contributed by atoms with Crippen LogP contribution in [0, 0.1) is 28.4 Å². The van der Waals surface area contributed by atoms with E-state index in [1.54, 1.807) is 0 Å². The third kappa shape index (κ3) is 3.95. The summed E-state index contributed by atoms with van der Waals surface area (Å²) in [5.74, 6) is -0.349. The molecule has 1 saturated carbocycles. The van der Waals surface area contributed by atoms with Crippen molar-refractivity contribution in [1.82, 2.24) is 4.57 Å². The van der Waals surface area contributed by atoms with E-state index >= 15 is 0 Å². The van der Waals surface area contributed by atoms with Crippen molar-refractivity contribution in [3.05, 3.63) is 52.7 Å². The molecule has 2 aromatic rings. The zero-order chi connectivity index (χ0) is 21.3. The minimum Gasteiger partial charge on any atom is -0.493 e.